The van der Waals surface area contributed by atoms with Crippen LogP contribution in [0.25, 0.3) is 0 Å². The van der Waals surface area contributed by atoms with Crippen LogP contribution in [0, 0.1) is 5.41 Å². The minimum atomic E-state index is -0.0617. The highest BCUT2D eigenvalue weighted by Gasteiger charge is 2.50. The highest BCUT2D eigenvalue weighted by atomic mass is 16.2. The van der Waals surface area contributed by atoms with E-state index in [9.17, 15) is 4.79 Å². The van der Waals surface area contributed by atoms with E-state index >= 15 is 0 Å². The molecule has 76 valence electrons. The lowest BCUT2D eigenvalue weighted by atomic mass is 10.1. The zero-order chi connectivity index (χ0) is 10.1. The minimum Gasteiger partial charge on any atom is -0.343 e. The Morgan fingerprint density at radius 3 is 2.38 bits per heavy atom. The maximum absolute atomic E-state index is 11.9. The highest BCUT2D eigenvalue weighted by molar-refractivity contribution is 5.85. The van der Waals surface area contributed by atoms with Crippen molar-refractivity contribution in [2.24, 2.45) is 5.41 Å². The van der Waals surface area contributed by atoms with Gasteiger partial charge in [0.25, 0.3) is 0 Å². The summed E-state index contributed by atoms with van der Waals surface area (Å²) >= 11 is 0. The van der Waals surface area contributed by atoms with E-state index in [1.807, 2.05) is 32.8 Å². The van der Waals surface area contributed by atoms with Gasteiger partial charge in [-0.2, -0.15) is 0 Å². The fourth-order valence-electron chi connectivity index (χ4n) is 1.56. The van der Waals surface area contributed by atoms with Gasteiger partial charge in [0, 0.05) is 19.6 Å². The van der Waals surface area contributed by atoms with Gasteiger partial charge in [-0.3, -0.25) is 4.79 Å². The van der Waals surface area contributed by atoms with E-state index in [1.165, 1.54) is 0 Å². The molecule has 1 rings (SSSR count). The molecule has 0 radical (unpaired) electrons. The standard InChI is InChI=1S/C10H20N2O/c1-8(2)12(4)9(13)10(5-6-10)7-11-3/h8,11H,5-7H2,1-4H3. The topological polar surface area (TPSA) is 32.3 Å². The summed E-state index contributed by atoms with van der Waals surface area (Å²) in [6.07, 6.45) is 2.09. The Morgan fingerprint density at radius 1 is 1.54 bits per heavy atom. The second kappa shape index (κ2) is 3.66. The van der Waals surface area contributed by atoms with Crippen LogP contribution in [-0.4, -0.2) is 37.5 Å². The first-order valence-electron chi connectivity index (χ1n) is 4.95. The summed E-state index contributed by atoms with van der Waals surface area (Å²) in [5.41, 5.74) is -0.0617. The van der Waals surface area contributed by atoms with E-state index in [1.54, 1.807) is 0 Å². The number of carbonyl (C=O) groups is 1. The van der Waals surface area contributed by atoms with Crippen molar-refractivity contribution in [3.8, 4) is 0 Å². The molecular formula is C10H20N2O. The number of amides is 1. The Kier molecular flexibility index (Phi) is 2.96. The van der Waals surface area contributed by atoms with E-state index in [0.717, 1.165) is 19.4 Å². The molecule has 3 heteroatoms. The molecule has 0 aromatic carbocycles. The van der Waals surface area contributed by atoms with E-state index in [-0.39, 0.29) is 5.41 Å². The van der Waals surface area contributed by atoms with E-state index < -0.39 is 0 Å². The predicted molar refractivity (Wildman–Crippen MR) is 53.5 cm³/mol. The van der Waals surface area contributed by atoms with Crippen molar-refractivity contribution < 1.29 is 4.79 Å². The van der Waals surface area contributed by atoms with Crippen LogP contribution in [0.4, 0.5) is 0 Å². The molecule has 13 heavy (non-hydrogen) atoms. The van der Waals surface area contributed by atoms with Crippen molar-refractivity contribution in [2.45, 2.75) is 32.7 Å². The highest BCUT2D eigenvalue weighted by Crippen LogP contribution is 2.46. The molecule has 0 unspecified atom stereocenters. The Balaban J connectivity index is 2.56. The fourth-order valence-corrected chi connectivity index (χ4v) is 1.56. The van der Waals surface area contributed by atoms with Crippen molar-refractivity contribution in [3.05, 3.63) is 0 Å². The molecule has 1 amide bonds. The van der Waals surface area contributed by atoms with Crippen molar-refractivity contribution in [3.63, 3.8) is 0 Å². The molecule has 1 fully saturated rings. The zero-order valence-electron chi connectivity index (χ0n) is 9.05. The summed E-state index contributed by atoms with van der Waals surface area (Å²) in [5, 5.41) is 3.10. The van der Waals surface area contributed by atoms with Gasteiger partial charge >= 0.3 is 0 Å². The average molecular weight is 184 g/mol. The van der Waals surface area contributed by atoms with Gasteiger partial charge in [-0.15, -0.1) is 0 Å². The van der Waals surface area contributed by atoms with Gasteiger partial charge in [0.05, 0.1) is 5.41 Å². The molecule has 0 aromatic heterocycles. The van der Waals surface area contributed by atoms with Crippen LogP contribution in [0.2, 0.25) is 0 Å². The van der Waals surface area contributed by atoms with Gasteiger partial charge < -0.3 is 10.2 Å². The molecule has 0 atom stereocenters. The van der Waals surface area contributed by atoms with Crippen molar-refractivity contribution in [1.29, 1.82) is 0 Å². The van der Waals surface area contributed by atoms with Crippen LogP contribution in [0.1, 0.15) is 26.7 Å². The molecule has 0 bridgehead atoms. The monoisotopic (exact) mass is 184 g/mol. The number of nitrogens with one attached hydrogen (secondary N) is 1. The van der Waals surface area contributed by atoms with Gasteiger partial charge in [-0.05, 0) is 33.7 Å². The first kappa shape index (κ1) is 10.5. The number of nitrogens with zero attached hydrogens (tertiary/aromatic N) is 1. The van der Waals surface area contributed by atoms with Crippen LogP contribution in [0.15, 0.2) is 0 Å². The fraction of sp³-hybridized carbons (Fsp3) is 0.900. The van der Waals surface area contributed by atoms with Crippen LogP contribution in [-0.2, 0) is 4.79 Å². The second-order valence-electron chi connectivity index (χ2n) is 4.32. The summed E-state index contributed by atoms with van der Waals surface area (Å²) < 4.78 is 0. The molecule has 1 aliphatic carbocycles. The largest absolute Gasteiger partial charge is 0.343 e. The van der Waals surface area contributed by atoms with E-state index in [4.69, 9.17) is 0 Å². The number of rotatable bonds is 4. The summed E-state index contributed by atoms with van der Waals surface area (Å²) in [7, 11) is 3.80. The smallest absolute Gasteiger partial charge is 0.230 e. The lowest BCUT2D eigenvalue weighted by Gasteiger charge is -2.26. The van der Waals surface area contributed by atoms with Crippen molar-refractivity contribution in [2.75, 3.05) is 20.6 Å². The van der Waals surface area contributed by atoms with E-state index in [2.05, 4.69) is 5.32 Å². The third-order valence-electron chi connectivity index (χ3n) is 2.92. The molecule has 1 saturated carbocycles. The summed E-state index contributed by atoms with van der Waals surface area (Å²) in [6.45, 7) is 4.92. The Morgan fingerprint density at radius 2 is 2.08 bits per heavy atom. The predicted octanol–water partition coefficient (Wildman–Crippen LogP) is 0.853. The summed E-state index contributed by atoms with van der Waals surface area (Å²) in [4.78, 5) is 13.8. The molecule has 3 nitrogen and oxygen atoms in total. The summed E-state index contributed by atoms with van der Waals surface area (Å²) in [6, 6.07) is 0.307. The summed E-state index contributed by atoms with van der Waals surface area (Å²) in [5.74, 6) is 0.303. The lowest BCUT2D eigenvalue weighted by molar-refractivity contribution is -0.137. The second-order valence-corrected chi connectivity index (χ2v) is 4.32. The maximum Gasteiger partial charge on any atom is 0.230 e. The quantitative estimate of drug-likeness (QED) is 0.702. The Labute approximate surface area is 80.5 Å². The molecule has 0 saturated heterocycles. The zero-order valence-corrected chi connectivity index (χ0v) is 9.05. The minimum absolute atomic E-state index is 0.0617. The SMILES string of the molecule is CNCC1(C(=O)N(C)C(C)C)CC1. The molecule has 0 heterocycles. The normalized spacial score (nSPS) is 18.8. The number of hydrogen-bond donors (Lipinski definition) is 1. The van der Waals surface area contributed by atoms with Crippen LogP contribution < -0.4 is 5.32 Å². The maximum atomic E-state index is 11.9. The van der Waals surface area contributed by atoms with Crippen LogP contribution in [0.3, 0.4) is 0 Å². The van der Waals surface area contributed by atoms with Gasteiger partial charge in [-0.1, -0.05) is 0 Å². The number of hydrogen-bond acceptors (Lipinski definition) is 2. The molecule has 0 aliphatic heterocycles. The molecule has 1 aliphatic rings. The van der Waals surface area contributed by atoms with Gasteiger partial charge in [0.1, 0.15) is 0 Å². The van der Waals surface area contributed by atoms with Crippen LogP contribution in [0.5, 0.6) is 0 Å². The first-order chi connectivity index (χ1) is 6.03. The van der Waals surface area contributed by atoms with Crippen molar-refractivity contribution >= 4 is 5.91 Å². The van der Waals surface area contributed by atoms with Gasteiger partial charge in [0.2, 0.25) is 5.91 Å². The Bertz CT molecular complexity index is 197. The number of carbonyl (C=O) groups excluding carboxylic acids is 1. The first-order valence-corrected chi connectivity index (χ1v) is 4.95. The Hall–Kier alpha value is -0.570. The lowest BCUT2D eigenvalue weighted by Crippen LogP contribution is -2.42. The molecular weight excluding hydrogens is 164 g/mol. The van der Waals surface area contributed by atoms with E-state index in [0.29, 0.717) is 11.9 Å². The molecule has 0 aromatic rings. The molecule has 1 N–H and O–H groups in total. The van der Waals surface area contributed by atoms with Crippen LogP contribution >= 0.6 is 0 Å². The average Bonchev–Trinajstić information content (AvgIpc) is 2.83. The van der Waals surface area contributed by atoms with Gasteiger partial charge in [-0.25, -0.2) is 0 Å². The third kappa shape index (κ3) is 2.02. The third-order valence-corrected chi connectivity index (χ3v) is 2.92. The van der Waals surface area contributed by atoms with Crippen molar-refractivity contribution in [1.82, 2.24) is 10.2 Å². The van der Waals surface area contributed by atoms with Gasteiger partial charge in [0.15, 0.2) is 0 Å². The molecule has 0 spiro atoms.